The first kappa shape index (κ1) is 17.8. The summed E-state index contributed by atoms with van der Waals surface area (Å²) in [6.07, 6.45) is 1.68. The molecule has 0 aliphatic carbocycles. The lowest BCUT2D eigenvalue weighted by atomic mass is 10.0. The first-order chi connectivity index (χ1) is 12.7. The molecule has 0 aliphatic rings. The highest BCUT2D eigenvalue weighted by Gasteiger charge is 1.99. The average Bonchev–Trinajstić information content (AvgIpc) is 2.68. The van der Waals surface area contributed by atoms with Gasteiger partial charge >= 0.3 is 0 Å². The van der Waals surface area contributed by atoms with Crippen molar-refractivity contribution in [3.05, 3.63) is 90.0 Å². The number of hydrogen-bond acceptors (Lipinski definition) is 4. The molecule has 26 heavy (non-hydrogen) atoms. The Bertz CT molecular complexity index is 906. The van der Waals surface area contributed by atoms with E-state index in [0.29, 0.717) is 5.17 Å². The molecule has 0 amide bonds. The highest BCUT2D eigenvalue weighted by Crippen LogP contribution is 2.22. The highest BCUT2D eigenvalue weighted by atomic mass is 32.2. The van der Waals surface area contributed by atoms with Gasteiger partial charge in [-0.05, 0) is 40.5 Å². The topological polar surface area (TPSA) is 71.0 Å². The number of rotatable bonds is 5. The quantitative estimate of drug-likeness (QED) is 0.395. The van der Waals surface area contributed by atoms with Gasteiger partial charge in [0.25, 0.3) is 0 Å². The van der Waals surface area contributed by atoms with E-state index in [1.165, 1.54) is 17.3 Å². The van der Waals surface area contributed by atoms with Gasteiger partial charge in [-0.25, -0.2) is 0 Å². The second kappa shape index (κ2) is 8.87. The number of amidine groups is 1. The van der Waals surface area contributed by atoms with Gasteiger partial charge in [-0.1, -0.05) is 72.4 Å². The van der Waals surface area contributed by atoms with Crippen LogP contribution in [0.5, 0.6) is 5.75 Å². The van der Waals surface area contributed by atoms with Crippen molar-refractivity contribution >= 4 is 23.1 Å². The summed E-state index contributed by atoms with van der Waals surface area (Å²) in [6.45, 7) is 0. The summed E-state index contributed by atoms with van der Waals surface area (Å²) in [7, 11) is 0. The van der Waals surface area contributed by atoms with Gasteiger partial charge in [0.15, 0.2) is 5.17 Å². The summed E-state index contributed by atoms with van der Waals surface area (Å²) in [5.74, 6) is 1.02. The molecule has 0 radical (unpaired) electrons. The van der Waals surface area contributed by atoms with Crippen molar-refractivity contribution < 1.29 is 5.11 Å². The summed E-state index contributed by atoms with van der Waals surface area (Å²) in [6, 6.07) is 25.1. The second-order valence-corrected chi connectivity index (χ2v) is 6.63. The van der Waals surface area contributed by atoms with E-state index in [9.17, 15) is 5.11 Å². The van der Waals surface area contributed by atoms with E-state index >= 15 is 0 Å². The highest BCUT2D eigenvalue weighted by molar-refractivity contribution is 8.13. The van der Waals surface area contributed by atoms with Gasteiger partial charge < -0.3 is 10.8 Å². The number of thioether (sulfide) groups is 1. The summed E-state index contributed by atoms with van der Waals surface area (Å²) in [5.41, 5.74) is 10.1. The van der Waals surface area contributed by atoms with Gasteiger partial charge in [0.2, 0.25) is 0 Å². The predicted octanol–water partition coefficient (Wildman–Crippen LogP) is 4.64. The van der Waals surface area contributed by atoms with Crippen molar-refractivity contribution in [1.29, 1.82) is 0 Å². The first-order valence-corrected chi connectivity index (χ1v) is 9.12. The normalized spacial score (nSPS) is 11.8. The van der Waals surface area contributed by atoms with Crippen LogP contribution in [0.15, 0.2) is 89.1 Å². The standard InChI is InChI=1S/C21H19N3OS/c22-21(26-15-16-5-2-1-3-6-16)24-23-14-17-7-4-8-19(13-17)18-9-11-20(25)12-10-18/h1-14,25H,15H2,(H2,22,24). The smallest absolute Gasteiger partial charge is 0.180 e. The Balaban J connectivity index is 1.62. The number of aromatic hydroxyl groups is 1. The predicted molar refractivity (Wildman–Crippen MR) is 110 cm³/mol. The van der Waals surface area contributed by atoms with Crippen molar-refractivity contribution in [3.8, 4) is 16.9 Å². The molecule has 130 valence electrons. The van der Waals surface area contributed by atoms with Gasteiger partial charge in [0.05, 0.1) is 6.21 Å². The Morgan fingerprint density at radius 2 is 1.69 bits per heavy atom. The Morgan fingerprint density at radius 3 is 2.46 bits per heavy atom. The lowest BCUT2D eigenvalue weighted by Gasteiger charge is -2.03. The lowest BCUT2D eigenvalue weighted by molar-refractivity contribution is 0.475. The Hall–Kier alpha value is -3.05. The number of hydrogen-bond donors (Lipinski definition) is 2. The minimum Gasteiger partial charge on any atom is -0.508 e. The van der Waals surface area contributed by atoms with Crippen LogP contribution in [0, 0.1) is 0 Å². The molecule has 0 aromatic heterocycles. The Morgan fingerprint density at radius 1 is 0.923 bits per heavy atom. The maximum Gasteiger partial charge on any atom is 0.180 e. The number of phenols is 1. The molecule has 0 bridgehead atoms. The van der Waals surface area contributed by atoms with Crippen LogP contribution in [0.3, 0.4) is 0 Å². The number of benzene rings is 3. The molecule has 0 aliphatic heterocycles. The van der Waals surface area contributed by atoms with E-state index in [1.54, 1.807) is 18.3 Å². The van der Waals surface area contributed by atoms with Gasteiger partial charge in [-0.15, -0.1) is 5.10 Å². The Labute approximate surface area is 157 Å². The van der Waals surface area contributed by atoms with E-state index in [-0.39, 0.29) is 5.75 Å². The van der Waals surface area contributed by atoms with Crippen molar-refractivity contribution in [2.24, 2.45) is 15.9 Å². The molecule has 3 aromatic carbocycles. The van der Waals surface area contributed by atoms with Gasteiger partial charge in [-0.2, -0.15) is 5.10 Å². The van der Waals surface area contributed by atoms with E-state index in [4.69, 9.17) is 5.73 Å². The molecule has 0 atom stereocenters. The molecule has 3 aromatic rings. The second-order valence-electron chi connectivity index (χ2n) is 5.63. The van der Waals surface area contributed by atoms with Crippen molar-refractivity contribution in [2.45, 2.75) is 5.75 Å². The van der Waals surface area contributed by atoms with E-state index in [0.717, 1.165) is 22.4 Å². The lowest BCUT2D eigenvalue weighted by Crippen LogP contribution is -2.05. The number of phenolic OH excluding ortho intramolecular Hbond substituents is 1. The first-order valence-electron chi connectivity index (χ1n) is 8.13. The molecular weight excluding hydrogens is 342 g/mol. The fraction of sp³-hybridized carbons (Fsp3) is 0.0476. The molecule has 0 heterocycles. The summed E-state index contributed by atoms with van der Waals surface area (Å²) < 4.78 is 0. The Kier molecular flexibility index (Phi) is 6.06. The van der Waals surface area contributed by atoms with Crippen LogP contribution in [0.2, 0.25) is 0 Å². The SMILES string of the molecule is NC(=NN=Cc1cccc(-c2ccc(O)cc2)c1)SCc1ccccc1. The molecule has 4 nitrogen and oxygen atoms in total. The minimum atomic E-state index is 0.254. The van der Waals surface area contributed by atoms with Crippen LogP contribution in [-0.4, -0.2) is 16.5 Å². The van der Waals surface area contributed by atoms with E-state index in [2.05, 4.69) is 22.3 Å². The summed E-state index contributed by atoms with van der Waals surface area (Å²) in [4.78, 5) is 0. The largest absolute Gasteiger partial charge is 0.508 e. The molecule has 3 N–H and O–H groups in total. The fourth-order valence-electron chi connectivity index (χ4n) is 2.37. The third kappa shape index (κ3) is 5.22. The maximum atomic E-state index is 9.39. The fourth-order valence-corrected chi connectivity index (χ4v) is 2.98. The van der Waals surface area contributed by atoms with Crippen molar-refractivity contribution in [2.75, 3.05) is 0 Å². The van der Waals surface area contributed by atoms with E-state index < -0.39 is 0 Å². The number of nitrogens with zero attached hydrogens (tertiary/aromatic N) is 2. The molecule has 0 saturated carbocycles. The molecule has 3 rings (SSSR count). The van der Waals surface area contributed by atoms with Gasteiger partial charge in [-0.3, -0.25) is 0 Å². The molecular formula is C21H19N3OS. The minimum absolute atomic E-state index is 0.254. The zero-order valence-corrected chi connectivity index (χ0v) is 14.9. The number of nitrogens with two attached hydrogens (primary N) is 1. The van der Waals surface area contributed by atoms with Crippen LogP contribution < -0.4 is 5.73 Å². The zero-order valence-electron chi connectivity index (χ0n) is 14.1. The van der Waals surface area contributed by atoms with Crippen LogP contribution in [0.4, 0.5) is 0 Å². The monoisotopic (exact) mass is 361 g/mol. The van der Waals surface area contributed by atoms with Crippen LogP contribution in [0.1, 0.15) is 11.1 Å². The van der Waals surface area contributed by atoms with Crippen LogP contribution >= 0.6 is 11.8 Å². The summed E-state index contributed by atoms with van der Waals surface area (Å²) >= 11 is 1.46. The molecule has 0 spiro atoms. The maximum absolute atomic E-state index is 9.39. The third-order valence-corrected chi connectivity index (χ3v) is 4.53. The molecule has 0 fully saturated rings. The van der Waals surface area contributed by atoms with Gasteiger partial charge in [0, 0.05) is 5.75 Å². The molecule has 0 saturated heterocycles. The van der Waals surface area contributed by atoms with Crippen LogP contribution in [-0.2, 0) is 5.75 Å². The molecule has 5 heteroatoms. The zero-order chi connectivity index (χ0) is 18.2. The average molecular weight is 361 g/mol. The van der Waals surface area contributed by atoms with Crippen molar-refractivity contribution in [3.63, 3.8) is 0 Å². The third-order valence-electron chi connectivity index (χ3n) is 3.68. The van der Waals surface area contributed by atoms with E-state index in [1.807, 2.05) is 54.6 Å². The van der Waals surface area contributed by atoms with Crippen LogP contribution in [0.25, 0.3) is 11.1 Å². The van der Waals surface area contributed by atoms with Gasteiger partial charge in [0.1, 0.15) is 5.75 Å². The summed E-state index contributed by atoms with van der Waals surface area (Å²) in [5, 5.41) is 17.9. The van der Waals surface area contributed by atoms with Crippen molar-refractivity contribution in [1.82, 2.24) is 0 Å². The molecule has 0 unspecified atom stereocenters.